The molecule has 0 spiro atoms. The van der Waals surface area contributed by atoms with E-state index in [0.29, 0.717) is 36.0 Å². The van der Waals surface area contributed by atoms with Gasteiger partial charge in [-0.2, -0.15) is 0 Å². The van der Waals surface area contributed by atoms with Crippen molar-refractivity contribution in [1.29, 1.82) is 0 Å². The number of amides is 1. The van der Waals surface area contributed by atoms with Crippen LogP contribution in [0.4, 0.5) is 5.82 Å². The molecule has 1 saturated carbocycles. The molecule has 1 aliphatic carbocycles. The van der Waals surface area contributed by atoms with Crippen molar-refractivity contribution >= 4 is 33.2 Å². The predicted molar refractivity (Wildman–Crippen MR) is 123 cm³/mol. The van der Waals surface area contributed by atoms with Crippen LogP contribution in [0, 0.1) is 17.8 Å². The van der Waals surface area contributed by atoms with Gasteiger partial charge in [0.15, 0.2) is 15.7 Å². The molecule has 0 radical (unpaired) electrons. The van der Waals surface area contributed by atoms with E-state index in [4.69, 9.17) is 16.3 Å². The Kier molecular flexibility index (Phi) is 8.24. The van der Waals surface area contributed by atoms with Gasteiger partial charge in [-0.15, -0.1) is 0 Å². The number of methoxy groups -OCH3 is 1. The van der Waals surface area contributed by atoms with Gasteiger partial charge >= 0.3 is 0 Å². The highest BCUT2D eigenvalue weighted by Crippen LogP contribution is 2.36. The Morgan fingerprint density at radius 2 is 2.03 bits per heavy atom. The summed E-state index contributed by atoms with van der Waals surface area (Å²) in [4.78, 5) is 21.7. The molecule has 1 amide bonds. The van der Waals surface area contributed by atoms with Gasteiger partial charge < -0.3 is 10.1 Å². The number of benzene rings is 1. The van der Waals surface area contributed by atoms with Gasteiger partial charge in [0.25, 0.3) is 0 Å². The minimum atomic E-state index is -3.45. The zero-order valence-corrected chi connectivity index (χ0v) is 19.7. The number of hydrogen-bond acceptors (Lipinski definition) is 6. The number of rotatable bonds is 7. The molecule has 0 saturated heterocycles. The fraction of sp³-hybridized carbons (Fsp3) is 0.435. The molecule has 1 atom stereocenters. The number of halogens is 1. The molecule has 1 aromatic heterocycles. The quantitative estimate of drug-likeness (QED) is 0.611. The molecule has 1 aliphatic rings. The van der Waals surface area contributed by atoms with E-state index in [1.807, 2.05) is 0 Å². The number of hydrogen-bond donors (Lipinski definition) is 1. The molecule has 170 valence electrons. The van der Waals surface area contributed by atoms with Crippen LogP contribution >= 0.6 is 11.6 Å². The first-order valence-corrected chi connectivity index (χ1v) is 12.6. The number of anilines is 1. The van der Waals surface area contributed by atoms with E-state index < -0.39 is 15.8 Å². The number of nitrogens with one attached hydrogen (secondary N) is 1. The summed E-state index contributed by atoms with van der Waals surface area (Å²) >= 11 is 6.25. The summed E-state index contributed by atoms with van der Waals surface area (Å²) in [6, 6.07) is 4.72. The normalized spacial score (nSPS) is 15.1. The second-order valence-electron chi connectivity index (χ2n) is 7.91. The van der Waals surface area contributed by atoms with Crippen LogP contribution in [0.5, 0.6) is 0 Å². The molecule has 0 unspecified atom stereocenters. The Bertz CT molecular complexity index is 1120. The van der Waals surface area contributed by atoms with E-state index in [1.165, 1.54) is 18.5 Å². The lowest BCUT2D eigenvalue weighted by molar-refractivity contribution is -0.118. The number of ether oxygens (including phenoxy) is 1. The van der Waals surface area contributed by atoms with Crippen LogP contribution in [0.3, 0.4) is 0 Å². The van der Waals surface area contributed by atoms with Crippen molar-refractivity contribution in [3.05, 3.63) is 46.9 Å². The first-order valence-electron chi connectivity index (χ1n) is 10.4. The Morgan fingerprint density at radius 3 is 2.62 bits per heavy atom. The van der Waals surface area contributed by atoms with Crippen LogP contribution in [-0.4, -0.2) is 44.3 Å². The van der Waals surface area contributed by atoms with Crippen LogP contribution in [-0.2, 0) is 19.4 Å². The van der Waals surface area contributed by atoms with Gasteiger partial charge in [-0.25, -0.2) is 18.4 Å². The number of nitrogens with zero attached hydrogens (tertiary/aromatic N) is 2. The molecular weight excluding hydrogens is 450 g/mol. The maximum Gasteiger partial charge on any atom is 0.233 e. The van der Waals surface area contributed by atoms with Crippen molar-refractivity contribution in [3.8, 4) is 11.8 Å². The van der Waals surface area contributed by atoms with E-state index >= 15 is 0 Å². The summed E-state index contributed by atoms with van der Waals surface area (Å²) in [5.41, 5.74) is 1.16. The Balaban J connectivity index is 1.81. The van der Waals surface area contributed by atoms with E-state index in [2.05, 4.69) is 27.1 Å². The summed E-state index contributed by atoms with van der Waals surface area (Å²) in [5.74, 6) is 5.66. The smallest absolute Gasteiger partial charge is 0.233 e. The van der Waals surface area contributed by atoms with Gasteiger partial charge in [0.2, 0.25) is 5.91 Å². The highest BCUT2D eigenvalue weighted by Gasteiger charge is 2.28. The minimum Gasteiger partial charge on any atom is -0.372 e. The Morgan fingerprint density at radius 1 is 1.28 bits per heavy atom. The second kappa shape index (κ2) is 10.9. The van der Waals surface area contributed by atoms with Gasteiger partial charge in [0.05, 0.1) is 28.2 Å². The molecular formula is C23H26ClN3O4S. The lowest BCUT2D eigenvalue weighted by Gasteiger charge is -2.21. The summed E-state index contributed by atoms with van der Waals surface area (Å²) in [5, 5.41) is 2.95. The molecule has 1 heterocycles. The summed E-state index contributed by atoms with van der Waals surface area (Å²) < 4.78 is 28.7. The predicted octanol–water partition coefficient (Wildman–Crippen LogP) is 3.83. The first-order chi connectivity index (χ1) is 15.3. The monoisotopic (exact) mass is 475 g/mol. The zero-order chi connectivity index (χ0) is 23.1. The molecule has 7 nitrogen and oxygen atoms in total. The minimum absolute atomic E-state index is 0.0546. The van der Waals surface area contributed by atoms with Crippen LogP contribution in [0.25, 0.3) is 0 Å². The fourth-order valence-corrected chi connectivity index (χ4v) is 5.22. The molecule has 1 N–H and O–H groups in total. The number of carbonyl (C=O) groups excluding carboxylic acids is 1. The molecule has 3 rings (SSSR count). The number of carbonyl (C=O) groups is 1. The molecule has 2 aromatic rings. The summed E-state index contributed by atoms with van der Waals surface area (Å²) in [6.07, 6.45) is 9.19. The average molecular weight is 476 g/mol. The van der Waals surface area contributed by atoms with Crippen LogP contribution in [0.1, 0.15) is 49.3 Å². The fourth-order valence-electron chi connectivity index (χ4n) is 3.88. The Hall–Kier alpha value is -2.47. The van der Waals surface area contributed by atoms with Crippen LogP contribution in [0.15, 0.2) is 35.5 Å². The Labute approximate surface area is 193 Å². The second-order valence-corrected chi connectivity index (χ2v) is 10.3. The number of sulfone groups is 1. The van der Waals surface area contributed by atoms with Gasteiger partial charge in [0, 0.05) is 13.4 Å². The first kappa shape index (κ1) is 24.2. The molecule has 1 fully saturated rings. The van der Waals surface area contributed by atoms with Crippen molar-refractivity contribution in [2.24, 2.45) is 5.92 Å². The zero-order valence-electron chi connectivity index (χ0n) is 18.1. The lowest BCUT2D eigenvalue weighted by atomic mass is 9.87. The largest absolute Gasteiger partial charge is 0.372 e. The van der Waals surface area contributed by atoms with Crippen molar-refractivity contribution < 1.29 is 17.9 Å². The topological polar surface area (TPSA) is 98.2 Å². The molecule has 1 aromatic carbocycles. The van der Waals surface area contributed by atoms with Gasteiger partial charge in [0.1, 0.15) is 12.3 Å². The molecule has 9 heteroatoms. The third kappa shape index (κ3) is 6.52. The summed E-state index contributed by atoms with van der Waals surface area (Å²) in [7, 11) is -1.89. The highest BCUT2D eigenvalue weighted by molar-refractivity contribution is 7.90. The van der Waals surface area contributed by atoms with Crippen LogP contribution in [0.2, 0.25) is 5.02 Å². The van der Waals surface area contributed by atoms with E-state index in [-0.39, 0.29) is 15.8 Å². The maximum absolute atomic E-state index is 13.2. The van der Waals surface area contributed by atoms with Crippen molar-refractivity contribution in [2.75, 3.05) is 25.3 Å². The summed E-state index contributed by atoms with van der Waals surface area (Å²) in [6.45, 7) is 0.295. The third-order valence-electron chi connectivity index (χ3n) is 5.45. The van der Waals surface area contributed by atoms with Gasteiger partial charge in [-0.1, -0.05) is 49.3 Å². The van der Waals surface area contributed by atoms with E-state index in [0.717, 1.165) is 31.9 Å². The average Bonchev–Trinajstić information content (AvgIpc) is 3.26. The van der Waals surface area contributed by atoms with Crippen LogP contribution < -0.4 is 5.32 Å². The van der Waals surface area contributed by atoms with Gasteiger partial charge in [-0.05, 0) is 36.0 Å². The van der Waals surface area contributed by atoms with Crippen molar-refractivity contribution in [3.63, 3.8) is 0 Å². The molecule has 0 aliphatic heterocycles. The molecule has 0 bridgehead atoms. The van der Waals surface area contributed by atoms with Crippen molar-refractivity contribution in [1.82, 2.24) is 9.97 Å². The maximum atomic E-state index is 13.2. The molecule has 32 heavy (non-hydrogen) atoms. The van der Waals surface area contributed by atoms with E-state index in [1.54, 1.807) is 19.2 Å². The van der Waals surface area contributed by atoms with Gasteiger partial charge in [-0.3, -0.25) is 4.79 Å². The standard InChI is InChI=1S/C23H26ClN3O4S/c1-31-11-5-8-18-14-26-22(15-25-18)27-23(28)19(12-16-6-3-4-7-16)17-9-10-21(20(24)13-17)32(2,29)30/h9-10,13-16,19H,3-4,6-7,11-12H2,1-2H3,(H,26,27,28)/t19-/m1/s1. The third-order valence-corrected chi connectivity index (χ3v) is 7.03. The SMILES string of the molecule is COCC#Cc1cnc(NC(=O)[C@H](CC2CCCC2)c2ccc(S(C)(=O)=O)c(Cl)c2)cn1. The van der Waals surface area contributed by atoms with Crippen molar-refractivity contribution in [2.45, 2.75) is 42.9 Å². The number of aromatic nitrogens is 2. The highest BCUT2D eigenvalue weighted by atomic mass is 35.5. The lowest BCUT2D eigenvalue weighted by Crippen LogP contribution is -2.24. The van der Waals surface area contributed by atoms with E-state index in [9.17, 15) is 13.2 Å².